The molecule has 1 fully saturated rings. The Balaban J connectivity index is 1.76. The molecule has 27 heavy (non-hydrogen) atoms. The second-order valence-corrected chi connectivity index (χ2v) is 8.24. The molecule has 2 aromatic rings. The molecule has 0 radical (unpaired) electrons. The quantitative estimate of drug-likeness (QED) is 0.752. The van der Waals surface area contributed by atoms with Crippen molar-refractivity contribution in [2.45, 2.75) is 26.3 Å². The lowest BCUT2D eigenvalue weighted by atomic mass is 10.0. The van der Waals surface area contributed by atoms with Crippen LogP contribution in [0.1, 0.15) is 20.8 Å². The number of hydrogen-bond donors (Lipinski definition) is 1. The zero-order valence-electron chi connectivity index (χ0n) is 16.1. The van der Waals surface area contributed by atoms with Gasteiger partial charge in [0.1, 0.15) is 10.8 Å². The van der Waals surface area contributed by atoms with Crippen LogP contribution in [0.3, 0.4) is 0 Å². The Labute approximate surface area is 170 Å². The van der Waals surface area contributed by atoms with Gasteiger partial charge in [-0.1, -0.05) is 11.6 Å². The van der Waals surface area contributed by atoms with E-state index in [-0.39, 0.29) is 10.8 Å². The van der Waals surface area contributed by atoms with Crippen LogP contribution in [0.25, 0.3) is 0 Å². The van der Waals surface area contributed by atoms with E-state index in [0.29, 0.717) is 10.8 Å². The molecule has 1 aromatic carbocycles. The van der Waals surface area contributed by atoms with Gasteiger partial charge < -0.3 is 15.0 Å². The Kier molecular flexibility index (Phi) is 5.99. The summed E-state index contributed by atoms with van der Waals surface area (Å²) in [6, 6.07) is 6.08. The molecule has 0 saturated carbocycles. The van der Waals surface area contributed by atoms with Crippen molar-refractivity contribution in [2.24, 2.45) is 0 Å². The van der Waals surface area contributed by atoms with Crippen molar-refractivity contribution in [2.75, 3.05) is 43.5 Å². The molecule has 0 aliphatic carbocycles. The van der Waals surface area contributed by atoms with E-state index < -0.39 is 0 Å². The maximum absolute atomic E-state index is 6.15. The molecule has 0 unspecified atom stereocenters. The average molecular weight is 410 g/mol. The molecule has 146 valence electrons. The van der Waals surface area contributed by atoms with Crippen LogP contribution >= 0.6 is 23.2 Å². The van der Waals surface area contributed by atoms with E-state index >= 15 is 0 Å². The summed E-state index contributed by atoms with van der Waals surface area (Å²) in [7, 11) is 1.65. The lowest BCUT2D eigenvalue weighted by molar-refractivity contribution is 0.128. The molecule has 1 aromatic heterocycles. The fourth-order valence-electron chi connectivity index (χ4n) is 3.18. The lowest BCUT2D eigenvalue weighted by Gasteiger charge is -2.43. The van der Waals surface area contributed by atoms with Gasteiger partial charge in [0.15, 0.2) is 5.82 Å². The Morgan fingerprint density at radius 3 is 2.44 bits per heavy atom. The second kappa shape index (κ2) is 8.09. The van der Waals surface area contributed by atoms with E-state index in [1.54, 1.807) is 7.11 Å². The number of anilines is 3. The Bertz CT molecular complexity index is 801. The zero-order valence-corrected chi connectivity index (χ0v) is 17.6. The van der Waals surface area contributed by atoms with Crippen molar-refractivity contribution in [1.29, 1.82) is 0 Å². The fourth-order valence-corrected chi connectivity index (χ4v) is 3.45. The normalized spacial score (nSPS) is 15.7. The van der Waals surface area contributed by atoms with Crippen molar-refractivity contribution in [3.63, 3.8) is 0 Å². The minimum absolute atomic E-state index is 0.134. The van der Waals surface area contributed by atoms with Crippen molar-refractivity contribution in [1.82, 2.24) is 14.9 Å². The van der Waals surface area contributed by atoms with Gasteiger partial charge in [-0.15, -0.1) is 0 Å². The summed E-state index contributed by atoms with van der Waals surface area (Å²) < 4.78 is 5.58. The predicted octanol–water partition coefficient (Wildman–Crippen LogP) is 4.46. The number of rotatable bonds is 4. The van der Waals surface area contributed by atoms with Crippen LogP contribution in [0.2, 0.25) is 10.3 Å². The van der Waals surface area contributed by atoms with E-state index in [4.69, 9.17) is 27.9 Å². The molecule has 1 N–H and O–H groups in total. The maximum Gasteiger partial charge on any atom is 0.224 e. The summed E-state index contributed by atoms with van der Waals surface area (Å²) >= 11 is 12.0. The minimum Gasteiger partial charge on any atom is -0.494 e. The number of ether oxygens (including phenoxy) is 1. The standard InChI is InChI=1S/C19H25Cl2N5O/c1-19(2,3)26-9-7-25(8-10-26)13-5-6-15(16(11-13)27-4)23-17-14(20)12-22-18(21)24-17/h5-6,11-12H,7-10H2,1-4H3,(H,22,23,24). The number of nitrogens with zero attached hydrogens (tertiary/aromatic N) is 4. The molecule has 0 atom stereocenters. The maximum atomic E-state index is 6.15. The van der Waals surface area contributed by atoms with Crippen LogP contribution in [-0.4, -0.2) is 53.7 Å². The van der Waals surface area contributed by atoms with Gasteiger partial charge in [-0.3, -0.25) is 4.90 Å². The first kappa shape index (κ1) is 20.0. The number of nitrogens with one attached hydrogen (secondary N) is 1. The molecule has 0 bridgehead atoms. The van der Waals surface area contributed by atoms with Crippen molar-refractivity contribution >= 4 is 40.4 Å². The molecule has 8 heteroatoms. The van der Waals surface area contributed by atoms with Crippen LogP contribution in [0.5, 0.6) is 5.75 Å². The molecule has 6 nitrogen and oxygen atoms in total. The number of piperazine rings is 1. The summed E-state index contributed by atoms with van der Waals surface area (Å²) in [6.07, 6.45) is 1.47. The zero-order chi connectivity index (χ0) is 19.6. The summed E-state index contributed by atoms with van der Waals surface area (Å²) in [4.78, 5) is 12.9. The monoisotopic (exact) mass is 409 g/mol. The third kappa shape index (κ3) is 4.75. The number of halogens is 2. The van der Waals surface area contributed by atoms with E-state index in [2.05, 4.69) is 51.9 Å². The highest BCUT2D eigenvalue weighted by atomic mass is 35.5. The highest BCUT2D eigenvalue weighted by molar-refractivity contribution is 6.33. The van der Waals surface area contributed by atoms with Gasteiger partial charge in [-0.25, -0.2) is 4.98 Å². The molecule has 0 amide bonds. The van der Waals surface area contributed by atoms with Crippen molar-refractivity contribution in [3.05, 3.63) is 34.7 Å². The Morgan fingerprint density at radius 1 is 1.11 bits per heavy atom. The van der Waals surface area contributed by atoms with Crippen molar-refractivity contribution < 1.29 is 4.74 Å². The summed E-state index contributed by atoms with van der Waals surface area (Å²) in [5.74, 6) is 1.16. The molecule has 0 spiro atoms. The smallest absolute Gasteiger partial charge is 0.224 e. The molecular weight excluding hydrogens is 385 g/mol. The van der Waals surface area contributed by atoms with E-state index in [1.807, 2.05) is 12.1 Å². The first-order chi connectivity index (χ1) is 12.8. The Hall–Kier alpha value is -1.76. The van der Waals surface area contributed by atoms with Gasteiger partial charge in [0.05, 0.1) is 19.0 Å². The van der Waals surface area contributed by atoms with Crippen LogP contribution in [0, 0.1) is 0 Å². The van der Waals surface area contributed by atoms with Crippen LogP contribution in [-0.2, 0) is 0 Å². The number of methoxy groups -OCH3 is 1. The Morgan fingerprint density at radius 2 is 1.81 bits per heavy atom. The molecule has 1 saturated heterocycles. The van der Waals surface area contributed by atoms with Gasteiger partial charge in [0.25, 0.3) is 0 Å². The van der Waals surface area contributed by atoms with Gasteiger partial charge in [0, 0.05) is 43.5 Å². The van der Waals surface area contributed by atoms with Crippen LogP contribution < -0.4 is 15.0 Å². The highest BCUT2D eigenvalue weighted by Gasteiger charge is 2.26. The fraction of sp³-hybridized carbons (Fsp3) is 0.474. The van der Waals surface area contributed by atoms with Crippen LogP contribution in [0.15, 0.2) is 24.4 Å². The first-order valence-electron chi connectivity index (χ1n) is 8.91. The summed E-state index contributed by atoms with van der Waals surface area (Å²) in [6.45, 7) is 10.8. The number of benzene rings is 1. The predicted molar refractivity (Wildman–Crippen MR) is 112 cm³/mol. The molecule has 3 rings (SSSR count). The van der Waals surface area contributed by atoms with Gasteiger partial charge in [-0.05, 0) is 44.5 Å². The second-order valence-electron chi connectivity index (χ2n) is 7.49. The SMILES string of the molecule is COc1cc(N2CCN(C(C)(C)C)CC2)ccc1Nc1nc(Cl)ncc1Cl. The van der Waals surface area contributed by atoms with Crippen molar-refractivity contribution in [3.8, 4) is 5.75 Å². The molecule has 1 aliphatic heterocycles. The van der Waals surface area contributed by atoms with E-state index in [1.165, 1.54) is 6.20 Å². The van der Waals surface area contributed by atoms with Gasteiger partial charge >= 0.3 is 0 Å². The lowest BCUT2D eigenvalue weighted by Crippen LogP contribution is -2.53. The third-order valence-electron chi connectivity index (χ3n) is 4.75. The number of hydrogen-bond acceptors (Lipinski definition) is 6. The van der Waals surface area contributed by atoms with Crippen LogP contribution in [0.4, 0.5) is 17.2 Å². The molecule has 2 heterocycles. The summed E-state index contributed by atoms with van der Waals surface area (Å²) in [5, 5.41) is 3.70. The largest absolute Gasteiger partial charge is 0.494 e. The van der Waals surface area contributed by atoms with E-state index in [0.717, 1.165) is 43.3 Å². The first-order valence-corrected chi connectivity index (χ1v) is 9.66. The van der Waals surface area contributed by atoms with E-state index in [9.17, 15) is 0 Å². The topological polar surface area (TPSA) is 53.5 Å². The van der Waals surface area contributed by atoms with Gasteiger partial charge in [0.2, 0.25) is 5.28 Å². The highest BCUT2D eigenvalue weighted by Crippen LogP contribution is 2.34. The third-order valence-corrected chi connectivity index (χ3v) is 5.21. The minimum atomic E-state index is 0.134. The summed E-state index contributed by atoms with van der Waals surface area (Å²) in [5.41, 5.74) is 2.11. The van der Waals surface area contributed by atoms with Gasteiger partial charge in [-0.2, -0.15) is 4.98 Å². The average Bonchev–Trinajstić information content (AvgIpc) is 2.64. The molecule has 1 aliphatic rings. The number of aromatic nitrogens is 2. The molecular formula is C19H25Cl2N5O.